The third-order valence-corrected chi connectivity index (χ3v) is 5.01. The van der Waals surface area contributed by atoms with Crippen molar-refractivity contribution in [3.8, 4) is 5.69 Å². The normalized spacial score (nSPS) is 15.3. The van der Waals surface area contributed by atoms with Crippen molar-refractivity contribution in [3.63, 3.8) is 0 Å². The summed E-state index contributed by atoms with van der Waals surface area (Å²) in [5.74, 6) is -0.562. The zero-order valence-electron chi connectivity index (χ0n) is 14.3. The van der Waals surface area contributed by atoms with Crippen LogP contribution in [0, 0.1) is 5.82 Å². The van der Waals surface area contributed by atoms with Gasteiger partial charge in [0.05, 0.1) is 11.1 Å². The minimum absolute atomic E-state index is 0.127. The number of rotatable bonds is 5. The van der Waals surface area contributed by atoms with Gasteiger partial charge in [-0.1, -0.05) is 36.8 Å². The maximum Gasteiger partial charge on any atom is 0.316 e. The highest BCUT2D eigenvalue weighted by Crippen LogP contribution is 2.44. The Morgan fingerprint density at radius 1 is 1.08 bits per heavy atom. The highest BCUT2D eigenvalue weighted by atomic mass is 19.1. The number of carbonyl (C=O) groups excluding carboxylic acids is 1. The molecule has 1 aliphatic carbocycles. The first kappa shape index (κ1) is 16.5. The SMILES string of the molecule is O=C(OCc1ccn(-c2ccccc2)n1)C1(c2ccc(F)cc2)CCC1. The number of benzene rings is 2. The lowest BCUT2D eigenvalue weighted by molar-refractivity contribution is -0.156. The van der Waals surface area contributed by atoms with Gasteiger partial charge >= 0.3 is 5.97 Å². The highest BCUT2D eigenvalue weighted by molar-refractivity contribution is 5.84. The molecule has 26 heavy (non-hydrogen) atoms. The molecule has 0 atom stereocenters. The molecular formula is C21H19FN2O2. The Hall–Kier alpha value is -2.95. The summed E-state index contributed by atoms with van der Waals surface area (Å²) in [5, 5.41) is 4.45. The van der Waals surface area contributed by atoms with Gasteiger partial charge in [0.25, 0.3) is 0 Å². The van der Waals surface area contributed by atoms with E-state index < -0.39 is 5.41 Å². The molecule has 0 spiro atoms. The number of ether oxygens (including phenoxy) is 1. The average Bonchev–Trinajstić information content (AvgIpc) is 3.10. The Kier molecular flexibility index (Phi) is 4.29. The molecule has 0 N–H and O–H groups in total. The van der Waals surface area contributed by atoms with Crippen LogP contribution in [-0.2, 0) is 21.6 Å². The van der Waals surface area contributed by atoms with Crippen molar-refractivity contribution in [2.45, 2.75) is 31.3 Å². The van der Waals surface area contributed by atoms with E-state index in [-0.39, 0.29) is 18.4 Å². The molecule has 0 unspecified atom stereocenters. The predicted molar refractivity (Wildman–Crippen MR) is 95.3 cm³/mol. The van der Waals surface area contributed by atoms with Gasteiger partial charge in [-0.05, 0) is 48.7 Å². The van der Waals surface area contributed by atoms with Gasteiger partial charge in [-0.3, -0.25) is 4.79 Å². The molecule has 0 aliphatic heterocycles. The fourth-order valence-electron chi connectivity index (χ4n) is 3.35. The van der Waals surface area contributed by atoms with Crippen LogP contribution in [0.4, 0.5) is 4.39 Å². The quantitative estimate of drug-likeness (QED) is 0.649. The number of carbonyl (C=O) groups is 1. The van der Waals surface area contributed by atoms with E-state index >= 15 is 0 Å². The van der Waals surface area contributed by atoms with Crippen molar-refractivity contribution in [3.05, 3.63) is 83.9 Å². The van der Waals surface area contributed by atoms with E-state index in [1.54, 1.807) is 16.8 Å². The molecule has 1 aliphatic rings. The van der Waals surface area contributed by atoms with Gasteiger partial charge < -0.3 is 4.74 Å². The van der Waals surface area contributed by atoms with Crippen molar-refractivity contribution in [2.75, 3.05) is 0 Å². The summed E-state index contributed by atoms with van der Waals surface area (Å²) in [6, 6.07) is 17.7. The molecule has 1 heterocycles. The van der Waals surface area contributed by atoms with Gasteiger partial charge in [-0.2, -0.15) is 5.10 Å². The molecule has 0 radical (unpaired) electrons. The third-order valence-electron chi connectivity index (χ3n) is 5.01. The van der Waals surface area contributed by atoms with E-state index in [0.29, 0.717) is 5.69 Å². The van der Waals surface area contributed by atoms with Crippen LogP contribution < -0.4 is 0 Å². The second-order valence-corrected chi connectivity index (χ2v) is 6.61. The van der Waals surface area contributed by atoms with Gasteiger partial charge in [-0.25, -0.2) is 9.07 Å². The monoisotopic (exact) mass is 350 g/mol. The molecular weight excluding hydrogens is 331 g/mol. The molecule has 132 valence electrons. The number of nitrogens with zero attached hydrogens (tertiary/aromatic N) is 2. The smallest absolute Gasteiger partial charge is 0.316 e. The minimum atomic E-state index is -0.643. The first-order chi connectivity index (χ1) is 12.7. The summed E-state index contributed by atoms with van der Waals surface area (Å²) < 4.78 is 20.5. The zero-order chi connectivity index (χ0) is 18.0. The van der Waals surface area contributed by atoms with Crippen molar-refractivity contribution in [1.29, 1.82) is 0 Å². The Labute approximate surface area is 151 Å². The van der Waals surface area contributed by atoms with Gasteiger partial charge in [0.1, 0.15) is 18.1 Å². The van der Waals surface area contributed by atoms with E-state index in [9.17, 15) is 9.18 Å². The van der Waals surface area contributed by atoms with Crippen LogP contribution in [0.1, 0.15) is 30.5 Å². The van der Waals surface area contributed by atoms with E-state index in [1.807, 2.05) is 42.6 Å². The van der Waals surface area contributed by atoms with E-state index in [4.69, 9.17) is 4.74 Å². The molecule has 0 amide bonds. The van der Waals surface area contributed by atoms with E-state index in [1.165, 1.54) is 12.1 Å². The molecule has 5 heteroatoms. The molecule has 1 fully saturated rings. The minimum Gasteiger partial charge on any atom is -0.458 e. The van der Waals surface area contributed by atoms with Gasteiger partial charge in [0, 0.05) is 6.20 Å². The fraction of sp³-hybridized carbons (Fsp3) is 0.238. The zero-order valence-corrected chi connectivity index (χ0v) is 14.3. The van der Waals surface area contributed by atoms with Crippen molar-refractivity contribution in [1.82, 2.24) is 9.78 Å². The number of esters is 1. The maximum absolute atomic E-state index is 13.2. The standard InChI is InChI=1S/C21H19FN2O2/c22-17-9-7-16(8-10-17)21(12-4-13-21)20(25)26-15-18-11-14-24(23-18)19-5-2-1-3-6-19/h1-3,5-11,14H,4,12-13,15H2. The molecule has 2 aromatic carbocycles. The van der Waals surface area contributed by atoms with Crippen LogP contribution in [-0.4, -0.2) is 15.7 Å². The summed E-state index contributed by atoms with van der Waals surface area (Å²) in [4.78, 5) is 12.7. The Balaban J connectivity index is 1.45. The lowest BCUT2D eigenvalue weighted by Gasteiger charge is -2.39. The van der Waals surface area contributed by atoms with Crippen molar-refractivity contribution in [2.24, 2.45) is 0 Å². The van der Waals surface area contributed by atoms with Crippen LogP contribution >= 0.6 is 0 Å². The van der Waals surface area contributed by atoms with Crippen LogP contribution in [0.3, 0.4) is 0 Å². The summed E-state index contributed by atoms with van der Waals surface area (Å²) >= 11 is 0. The van der Waals surface area contributed by atoms with Gasteiger partial charge in [0.15, 0.2) is 0 Å². The van der Waals surface area contributed by atoms with Crippen molar-refractivity contribution < 1.29 is 13.9 Å². The summed E-state index contributed by atoms with van der Waals surface area (Å²) in [6.45, 7) is 0.127. The molecule has 1 aromatic heterocycles. The summed E-state index contributed by atoms with van der Waals surface area (Å²) in [6.07, 6.45) is 4.28. The second kappa shape index (κ2) is 6.75. The topological polar surface area (TPSA) is 44.1 Å². The van der Waals surface area contributed by atoms with E-state index in [2.05, 4.69) is 5.10 Å². The Morgan fingerprint density at radius 3 is 2.46 bits per heavy atom. The highest BCUT2D eigenvalue weighted by Gasteiger charge is 2.47. The summed E-state index contributed by atoms with van der Waals surface area (Å²) in [5.41, 5.74) is 1.82. The third kappa shape index (κ3) is 3.01. The lowest BCUT2D eigenvalue weighted by atomic mass is 9.64. The van der Waals surface area contributed by atoms with Crippen LogP contribution in [0.5, 0.6) is 0 Å². The number of para-hydroxylation sites is 1. The van der Waals surface area contributed by atoms with Gasteiger partial charge in [0.2, 0.25) is 0 Å². The fourth-order valence-corrected chi connectivity index (χ4v) is 3.35. The number of aromatic nitrogens is 2. The maximum atomic E-state index is 13.2. The first-order valence-corrected chi connectivity index (χ1v) is 8.71. The number of hydrogen-bond acceptors (Lipinski definition) is 3. The summed E-state index contributed by atoms with van der Waals surface area (Å²) in [7, 11) is 0. The largest absolute Gasteiger partial charge is 0.458 e. The number of halogens is 1. The van der Waals surface area contributed by atoms with Crippen LogP contribution in [0.15, 0.2) is 66.9 Å². The molecule has 4 rings (SSSR count). The van der Waals surface area contributed by atoms with Crippen LogP contribution in [0.25, 0.3) is 5.69 Å². The molecule has 4 nitrogen and oxygen atoms in total. The van der Waals surface area contributed by atoms with E-state index in [0.717, 1.165) is 30.5 Å². The Morgan fingerprint density at radius 2 is 1.81 bits per heavy atom. The first-order valence-electron chi connectivity index (χ1n) is 8.71. The average molecular weight is 350 g/mol. The predicted octanol–water partition coefficient (Wildman–Crippen LogP) is 4.18. The molecule has 0 bridgehead atoms. The lowest BCUT2D eigenvalue weighted by Crippen LogP contribution is -2.43. The second-order valence-electron chi connectivity index (χ2n) is 6.61. The Bertz CT molecular complexity index is 899. The van der Waals surface area contributed by atoms with Crippen molar-refractivity contribution >= 4 is 5.97 Å². The van der Waals surface area contributed by atoms with Gasteiger partial charge in [-0.15, -0.1) is 0 Å². The van der Waals surface area contributed by atoms with Crippen LogP contribution in [0.2, 0.25) is 0 Å². The number of hydrogen-bond donors (Lipinski definition) is 0. The molecule has 1 saturated carbocycles. The molecule has 0 saturated heterocycles. The molecule has 3 aromatic rings.